The van der Waals surface area contributed by atoms with Gasteiger partial charge in [0.2, 0.25) is 10.0 Å². The summed E-state index contributed by atoms with van der Waals surface area (Å²) in [4.78, 5) is 10.4. The Labute approximate surface area is 64.7 Å². The molecule has 0 unspecified atom stereocenters. The lowest BCUT2D eigenvalue weighted by molar-refractivity contribution is -0.140. The highest BCUT2D eigenvalue weighted by atomic mass is 32.2. The van der Waals surface area contributed by atoms with E-state index in [4.69, 9.17) is 5.11 Å². The van der Waals surface area contributed by atoms with Gasteiger partial charge in [0.1, 0.15) is 6.04 Å². The third-order valence-electron chi connectivity index (χ3n) is 1.81. The maximum Gasteiger partial charge on any atom is 0.322 e. The van der Waals surface area contributed by atoms with Gasteiger partial charge < -0.3 is 5.11 Å². The van der Waals surface area contributed by atoms with E-state index in [1.54, 1.807) is 0 Å². The van der Waals surface area contributed by atoms with Crippen LogP contribution in [-0.2, 0) is 14.8 Å². The Bertz CT molecular complexity index is 270. The Morgan fingerprint density at radius 3 is 2.36 bits per heavy atom. The van der Waals surface area contributed by atoms with Gasteiger partial charge in [-0.15, -0.1) is 0 Å². The van der Waals surface area contributed by atoms with E-state index in [1.165, 1.54) is 7.05 Å². The molecule has 1 heterocycles. The zero-order valence-corrected chi connectivity index (χ0v) is 6.84. The standard InChI is InChI=1S/C5H9NO4S/c1-6-4(5(7)8)2-3-11(6,9)10/h4H,2-3H2,1H3,(H,7,8)/t4-/m0/s1. The van der Waals surface area contributed by atoms with E-state index in [9.17, 15) is 13.2 Å². The molecule has 1 atom stereocenters. The number of carboxylic acids is 1. The van der Waals surface area contributed by atoms with E-state index in [0.717, 1.165) is 4.31 Å². The highest BCUT2D eigenvalue weighted by Gasteiger charge is 2.38. The molecule has 0 amide bonds. The molecule has 0 spiro atoms. The van der Waals surface area contributed by atoms with Gasteiger partial charge in [-0.05, 0) is 6.42 Å². The second kappa shape index (κ2) is 2.46. The van der Waals surface area contributed by atoms with Crippen molar-refractivity contribution in [2.24, 2.45) is 0 Å². The lowest BCUT2D eigenvalue weighted by atomic mass is 10.2. The summed E-state index contributed by atoms with van der Waals surface area (Å²) in [6.45, 7) is 0. The lowest BCUT2D eigenvalue weighted by Gasteiger charge is -2.12. The minimum Gasteiger partial charge on any atom is -0.480 e. The van der Waals surface area contributed by atoms with Gasteiger partial charge in [0.25, 0.3) is 0 Å². The molecule has 1 fully saturated rings. The number of hydrogen-bond acceptors (Lipinski definition) is 3. The fourth-order valence-electron chi connectivity index (χ4n) is 1.06. The molecule has 0 aromatic heterocycles. The summed E-state index contributed by atoms with van der Waals surface area (Å²) in [5, 5.41) is 8.51. The number of rotatable bonds is 1. The molecule has 1 aliphatic heterocycles. The molecule has 0 saturated carbocycles. The average molecular weight is 179 g/mol. The fraction of sp³-hybridized carbons (Fsp3) is 0.800. The van der Waals surface area contributed by atoms with Crippen LogP contribution < -0.4 is 0 Å². The smallest absolute Gasteiger partial charge is 0.322 e. The molecule has 1 N–H and O–H groups in total. The first-order valence-electron chi connectivity index (χ1n) is 3.13. The molecule has 64 valence electrons. The lowest BCUT2D eigenvalue weighted by Crippen LogP contribution is -2.34. The van der Waals surface area contributed by atoms with E-state index in [-0.39, 0.29) is 12.2 Å². The normalized spacial score (nSPS) is 30.5. The van der Waals surface area contributed by atoms with Gasteiger partial charge >= 0.3 is 5.97 Å². The zero-order chi connectivity index (χ0) is 8.65. The van der Waals surface area contributed by atoms with Gasteiger partial charge in [0.15, 0.2) is 0 Å². The van der Waals surface area contributed by atoms with E-state index in [0.29, 0.717) is 0 Å². The Kier molecular flexibility index (Phi) is 1.89. The number of likely N-dealkylation sites (N-methyl/N-ethyl adjacent to an activating group) is 1. The number of nitrogens with zero attached hydrogens (tertiary/aromatic N) is 1. The number of carboxylic acid groups (broad SMARTS) is 1. The van der Waals surface area contributed by atoms with E-state index >= 15 is 0 Å². The molecular formula is C5H9NO4S. The molecule has 1 saturated heterocycles. The van der Waals surface area contributed by atoms with Crippen LogP contribution in [0.5, 0.6) is 0 Å². The van der Waals surface area contributed by atoms with Crippen LogP contribution in [0.25, 0.3) is 0 Å². The van der Waals surface area contributed by atoms with Gasteiger partial charge in [0.05, 0.1) is 5.75 Å². The van der Waals surface area contributed by atoms with E-state index in [2.05, 4.69) is 0 Å². The van der Waals surface area contributed by atoms with Gasteiger partial charge in [-0.25, -0.2) is 8.42 Å². The molecule has 5 nitrogen and oxygen atoms in total. The molecular weight excluding hydrogens is 170 g/mol. The first kappa shape index (κ1) is 8.48. The van der Waals surface area contributed by atoms with Crippen LogP contribution in [0.4, 0.5) is 0 Å². The third-order valence-corrected chi connectivity index (χ3v) is 3.70. The van der Waals surface area contributed by atoms with Crippen LogP contribution in [-0.4, -0.2) is 42.6 Å². The summed E-state index contributed by atoms with van der Waals surface area (Å²) < 4.78 is 22.8. The molecule has 0 aromatic rings. The van der Waals surface area contributed by atoms with Crippen LogP contribution in [0, 0.1) is 0 Å². The minimum absolute atomic E-state index is 0.0551. The molecule has 6 heteroatoms. The Balaban J connectivity index is 2.88. The summed E-state index contributed by atoms with van der Waals surface area (Å²) in [7, 11) is -1.97. The minimum atomic E-state index is -3.27. The van der Waals surface area contributed by atoms with Crippen molar-refractivity contribution in [3.05, 3.63) is 0 Å². The first-order valence-corrected chi connectivity index (χ1v) is 4.74. The van der Waals surface area contributed by atoms with Gasteiger partial charge in [0, 0.05) is 7.05 Å². The predicted octanol–water partition coefficient (Wildman–Crippen LogP) is -0.895. The Morgan fingerprint density at radius 2 is 2.18 bits per heavy atom. The van der Waals surface area contributed by atoms with Gasteiger partial charge in [-0.2, -0.15) is 4.31 Å². The quantitative estimate of drug-likeness (QED) is 0.566. The number of carbonyl (C=O) groups is 1. The van der Waals surface area contributed by atoms with Crippen molar-refractivity contribution < 1.29 is 18.3 Å². The van der Waals surface area contributed by atoms with Crippen LogP contribution >= 0.6 is 0 Å². The predicted molar refractivity (Wildman–Crippen MR) is 37.6 cm³/mol. The molecule has 1 rings (SSSR count). The van der Waals surface area contributed by atoms with Crippen molar-refractivity contribution in [2.45, 2.75) is 12.5 Å². The van der Waals surface area contributed by atoms with Crippen molar-refractivity contribution in [3.63, 3.8) is 0 Å². The monoisotopic (exact) mass is 179 g/mol. The van der Waals surface area contributed by atoms with Crippen molar-refractivity contribution in [1.82, 2.24) is 4.31 Å². The average Bonchev–Trinajstić information content (AvgIpc) is 2.09. The SMILES string of the molecule is CN1[C@H](C(=O)O)CCS1(=O)=O. The number of sulfonamides is 1. The van der Waals surface area contributed by atoms with E-state index < -0.39 is 22.0 Å². The maximum absolute atomic E-state index is 10.9. The fourth-order valence-corrected chi connectivity index (χ4v) is 2.45. The van der Waals surface area contributed by atoms with Crippen molar-refractivity contribution in [2.75, 3.05) is 12.8 Å². The molecule has 0 radical (unpaired) electrons. The second-order valence-corrected chi connectivity index (χ2v) is 4.62. The first-order chi connectivity index (χ1) is 4.95. The van der Waals surface area contributed by atoms with Crippen molar-refractivity contribution in [1.29, 1.82) is 0 Å². The van der Waals surface area contributed by atoms with Gasteiger partial charge in [-0.3, -0.25) is 4.79 Å². The largest absolute Gasteiger partial charge is 0.480 e. The van der Waals surface area contributed by atoms with Crippen LogP contribution in [0.1, 0.15) is 6.42 Å². The number of aliphatic carboxylic acids is 1. The molecule has 0 bridgehead atoms. The van der Waals surface area contributed by atoms with Gasteiger partial charge in [-0.1, -0.05) is 0 Å². The highest BCUT2D eigenvalue weighted by molar-refractivity contribution is 7.89. The molecule has 0 aliphatic carbocycles. The van der Waals surface area contributed by atoms with E-state index in [1.807, 2.05) is 0 Å². The third kappa shape index (κ3) is 1.36. The highest BCUT2D eigenvalue weighted by Crippen LogP contribution is 2.18. The number of hydrogen-bond donors (Lipinski definition) is 1. The summed E-state index contributed by atoms with van der Waals surface area (Å²) in [6.07, 6.45) is 0.189. The summed E-state index contributed by atoms with van der Waals surface area (Å²) >= 11 is 0. The molecule has 11 heavy (non-hydrogen) atoms. The Hall–Kier alpha value is -0.620. The molecule has 0 aromatic carbocycles. The maximum atomic E-state index is 10.9. The summed E-state index contributed by atoms with van der Waals surface area (Å²) in [5.74, 6) is -1.13. The van der Waals surface area contributed by atoms with Crippen LogP contribution in [0.2, 0.25) is 0 Å². The van der Waals surface area contributed by atoms with Crippen LogP contribution in [0.15, 0.2) is 0 Å². The molecule has 1 aliphatic rings. The van der Waals surface area contributed by atoms with Crippen molar-refractivity contribution >= 4 is 16.0 Å². The summed E-state index contributed by atoms with van der Waals surface area (Å²) in [6, 6.07) is -0.861. The Morgan fingerprint density at radius 1 is 1.64 bits per heavy atom. The topological polar surface area (TPSA) is 74.7 Å². The zero-order valence-electron chi connectivity index (χ0n) is 6.02. The van der Waals surface area contributed by atoms with Crippen LogP contribution in [0.3, 0.4) is 0 Å². The van der Waals surface area contributed by atoms with Crippen molar-refractivity contribution in [3.8, 4) is 0 Å². The summed E-state index contributed by atoms with van der Waals surface area (Å²) in [5.41, 5.74) is 0. The second-order valence-electron chi connectivity index (χ2n) is 2.47.